The number of aliphatic carboxylic acids is 1. The maximum absolute atomic E-state index is 11.3. The first-order valence-electron chi connectivity index (χ1n) is 7.23. The van der Waals surface area contributed by atoms with E-state index in [1.165, 1.54) is 19.3 Å². The van der Waals surface area contributed by atoms with Crippen molar-refractivity contribution < 1.29 is 9.90 Å². The van der Waals surface area contributed by atoms with E-state index in [0.29, 0.717) is 11.1 Å². The van der Waals surface area contributed by atoms with Crippen LogP contribution in [-0.2, 0) is 10.2 Å². The zero-order valence-corrected chi connectivity index (χ0v) is 13.6. The minimum atomic E-state index is -0.914. The van der Waals surface area contributed by atoms with Crippen LogP contribution in [0.25, 0.3) is 0 Å². The summed E-state index contributed by atoms with van der Waals surface area (Å²) >= 11 is 1.56. The van der Waals surface area contributed by atoms with Gasteiger partial charge in [-0.3, -0.25) is 4.79 Å². The van der Waals surface area contributed by atoms with Crippen molar-refractivity contribution in [1.82, 2.24) is 4.98 Å². The molecular weight excluding hydrogens is 272 g/mol. The molecule has 1 aliphatic rings. The van der Waals surface area contributed by atoms with Crippen LogP contribution in [-0.4, -0.2) is 29.1 Å². The van der Waals surface area contributed by atoms with Crippen LogP contribution in [0.15, 0.2) is 5.38 Å². The molecule has 0 aromatic carbocycles. The second-order valence-electron chi connectivity index (χ2n) is 6.60. The van der Waals surface area contributed by atoms with Crippen molar-refractivity contribution in [3.05, 3.63) is 11.1 Å². The third-order valence-electron chi connectivity index (χ3n) is 4.76. The van der Waals surface area contributed by atoms with Crippen molar-refractivity contribution in [1.29, 1.82) is 0 Å². The maximum Gasteiger partial charge on any atom is 0.315 e. The number of aromatic nitrogens is 1. The van der Waals surface area contributed by atoms with Crippen LogP contribution >= 0.6 is 11.3 Å². The Morgan fingerprint density at radius 2 is 2.10 bits per heavy atom. The molecule has 0 spiro atoms. The topological polar surface area (TPSA) is 53.4 Å². The average molecular weight is 296 g/mol. The molecule has 20 heavy (non-hydrogen) atoms. The summed E-state index contributed by atoms with van der Waals surface area (Å²) in [5, 5.41) is 12.1. The van der Waals surface area contributed by atoms with Gasteiger partial charge in [0.2, 0.25) is 0 Å². The molecule has 0 unspecified atom stereocenters. The molecule has 5 heteroatoms. The van der Waals surface area contributed by atoms with E-state index in [2.05, 4.69) is 23.7 Å². The van der Waals surface area contributed by atoms with Gasteiger partial charge in [-0.05, 0) is 32.1 Å². The zero-order valence-electron chi connectivity index (χ0n) is 12.8. The molecule has 1 fully saturated rings. The van der Waals surface area contributed by atoms with Crippen LogP contribution in [0.2, 0.25) is 0 Å². The molecule has 0 bridgehead atoms. The summed E-state index contributed by atoms with van der Waals surface area (Å²) in [6.07, 6.45) is 3.58. The number of nitrogens with zero attached hydrogens (tertiary/aromatic N) is 2. The lowest BCUT2D eigenvalue weighted by Crippen LogP contribution is -2.38. The molecule has 0 aliphatic carbocycles. The van der Waals surface area contributed by atoms with E-state index in [1.54, 1.807) is 25.2 Å². The van der Waals surface area contributed by atoms with E-state index < -0.39 is 11.4 Å². The van der Waals surface area contributed by atoms with Gasteiger partial charge in [-0.2, -0.15) is 0 Å². The quantitative estimate of drug-likeness (QED) is 0.923. The molecule has 4 nitrogen and oxygen atoms in total. The maximum atomic E-state index is 11.3. The second-order valence-corrected chi connectivity index (χ2v) is 7.43. The lowest BCUT2D eigenvalue weighted by molar-refractivity contribution is -0.142. The van der Waals surface area contributed by atoms with Crippen molar-refractivity contribution >= 4 is 22.4 Å². The first-order valence-corrected chi connectivity index (χ1v) is 8.11. The lowest BCUT2D eigenvalue weighted by Gasteiger charge is -2.38. The van der Waals surface area contributed by atoms with Gasteiger partial charge in [0, 0.05) is 18.5 Å². The first-order chi connectivity index (χ1) is 9.28. The SMILES string of the molecule is CCC1(C)CCN(c2nc(C(C)(C)C(=O)O)cs2)CC1. The number of piperidine rings is 1. The van der Waals surface area contributed by atoms with Gasteiger partial charge >= 0.3 is 5.97 Å². The highest BCUT2D eigenvalue weighted by atomic mass is 32.1. The summed E-state index contributed by atoms with van der Waals surface area (Å²) < 4.78 is 0. The first kappa shape index (κ1) is 15.3. The molecule has 1 N–H and O–H groups in total. The van der Waals surface area contributed by atoms with E-state index in [4.69, 9.17) is 0 Å². The van der Waals surface area contributed by atoms with Crippen LogP contribution in [0.3, 0.4) is 0 Å². The lowest BCUT2D eigenvalue weighted by atomic mass is 9.78. The predicted octanol–water partition coefficient (Wildman–Crippen LogP) is 3.52. The monoisotopic (exact) mass is 296 g/mol. The molecule has 2 heterocycles. The molecule has 112 valence electrons. The van der Waals surface area contributed by atoms with Crippen molar-refractivity contribution in [3.63, 3.8) is 0 Å². The Kier molecular flexibility index (Phi) is 4.09. The third-order valence-corrected chi connectivity index (χ3v) is 5.66. The second kappa shape index (κ2) is 5.35. The third kappa shape index (κ3) is 2.82. The molecule has 0 atom stereocenters. The van der Waals surface area contributed by atoms with E-state index >= 15 is 0 Å². The van der Waals surface area contributed by atoms with Crippen molar-refractivity contribution in [2.75, 3.05) is 18.0 Å². The number of carboxylic acid groups (broad SMARTS) is 1. The van der Waals surface area contributed by atoms with Gasteiger partial charge in [-0.15, -0.1) is 11.3 Å². The van der Waals surface area contributed by atoms with Gasteiger partial charge in [-0.1, -0.05) is 20.3 Å². The Balaban J connectivity index is 2.09. The summed E-state index contributed by atoms with van der Waals surface area (Å²) in [5.74, 6) is -0.827. The van der Waals surface area contributed by atoms with Crippen LogP contribution in [0.4, 0.5) is 5.13 Å². The average Bonchev–Trinajstić information content (AvgIpc) is 2.89. The fraction of sp³-hybridized carbons (Fsp3) is 0.733. The van der Waals surface area contributed by atoms with Crippen LogP contribution in [0.5, 0.6) is 0 Å². The summed E-state index contributed by atoms with van der Waals surface area (Å²) in [6.45, 7) is 10.1. The molecule has 1 aliphatic heterocycles. The fourth-order valence-corrected chi connectivity index (χ4v) is 3.44. The Morgan fingerprint density at radius 3 is 2.60 bits per heavy atom. The highest BCUT2D eigenvalue weighted by Crippen LogP contribution is 2.37. The molecule has 1 saturated heterocycles. The molecule has 1 aromatic heterocycles. The largest absolute Gasteiger partial charge is 0.481 e. The predicted molar refractivity (Wildman–Crippen MR) is 82.6 cm³/mol. The van der Waals surface area contributed by atoms with Crippen molar-refractivity contribution in [3.8, 4) is 0 Å². The van der Waals surface area contributed by atoms with Crippen LogP contribution < -0.4 is 4.90 Å². The highest BCUT2D eigenvalue weighted by Gasteiger charge is 2.34. The van der Waals surface area contributed by atoms with Crippen LogP contribution in [0, 0.1) is 5.41 Å². The van der Waals surface area contributed by atoms with E-state index in [9.17, 15) is 9.90 Å². The molecule has 0 saturated carbocycles. The summed E-state index contributed by atoms with van der Waals surface area (Å²) in [6, 6.07) is 0. The Bertz CT molecular complexity index is 488. The van der Waals surface area contributed by atoms with E-state index in [0.717, 1.165) is 18.2 Å². The Morgan fingerprint density at radius 1 is 1.50 bits per heavy atom. The minimum absolute atomic E-state index is 0.455. The zero-order chi connectivity index (χ0) is 15.0. The number of thiazole rings is 1. The van der Waals surface area contributed by atoms with Gasteiger partial charge < -0.3 is 10.0 Å². The van der Waals surface area contributed by atoms with Gasteiger partial charge in [0.1, 0.15) is 5.41 Å². The van der Waals surface area contributed by atoms with Crippen LogP contribution in [0.1, 0.15) is 52.7 Å². The molecule has 0 radical (unpaired) electrons. The number of rotatable bonds is 4. The summed E-state index contributed by atoms with van der Waals surface area (Å²) in [7, 11) is 0. The summed E-state index contributed by atoms with van der Waals surface area (Å²) in [4.78, 5) is 18.1. The highest BCUT2D eigenvalue weighted by molar-refractivity contribution is 7.13. The Labute approximate surface area is 124 Å². The smallest absolute Gasteiger partial charge is 0.315 e. The van der Waals surface area contributed by atoms with E-state index in [1.807, 2.05) is 5.38 Å². The van der Waals surface area contributed by atoms with Crippen molar-refractivity contribution in [2.24, 2.45) is 5.41 Å². The molecule has 1 aromatic rings. The van der Waals surface area contributed by atoms with Gasteiger partial charge in [0.05, 0.1) is 5.69 Å². The minimum Gasteiger partial charge on any atom is -0.481 e. The van der Waals surface area contributed by atoms with Gasteiger partial charge in [0.25, 0.3) is 0 Å². The van der Waals surface area contributed by atoms with Crippen molar-refractivity contribution in [2.45, 2.75) is 52.4 Å². The molecule has 2 rings (SSSR count). The normalized spacial score (nSPS) is 19.1. The molecular formula is C15H24N2O2S. The summed E-state index contributed by atoms with van der Waals surface area (Å²) in [5.41, 5.74) is 0.202. The Hall–Kier alpha value is -1.10. The number of anilines is 1. The van der Waals surface area contributed by atoms with E-state index in [-0.39, 0.29) is 0 Å². The van der Waals surface area contributed by atoms with Gasteiger partial charge in [-0.25, -0.2) is 4.98 Å². The van der Waals surface area contributed by atoms with Gasteiger partial charge in [0.15, 0.2) is 5.13 Å². The number of hydrogen-bond donors (Lipinski definition) is 1. The number of hydrogen-bond acceptors (Lipinski definition) is 4. The number of carbonyl (C=O) groups is 1. The fourth-order valence-electron chi connectivity index (χ4n) is 2.40. The number of carboxylic acids is 1. The standard InChI is InChI=1S/C15H24N2O2S/c1-5-15(4)6-8-17(9-7-15)13-16-11(10-20-13)14(2,3)12(18)19/h10H,5-9H2,1-4H3,(H,18,19). The molecule has 0 amide bonds.